The molecule has 0 amide bonds. The lowest BCUT2D eigenvalue weighted by Crippen LogP contribution is -1.93. The Morgan fingerprint density at radius 2 is 0.538 bits per heavy atom. The zero-order chi connectivity index (χ0) is 18.6. The topological polar surface area (TPSA) is 106 Å². The van der Waals surface area contributed by atoms with E-state index in [2.05, 4.69) is 0 Å². The van der Waals surface area contributed by atoms with Crippen LogP contribution in [0, 0.1) is 0 Å². The average Bonchev–Trinajstić information content (AvgIpc) is 2.56. The van der Waals surface area contributed by atoms with Crippen LogP contribution in [0.3, 0.4) is 0 Å². The van der Waals surface area contributed by atoms with Gasteiger partial charge in [-0.15, -0.1) is 0 Å². The van der Waals surface area contributed by atoms with Crippen LogP contribution in [0.4, 0.5) is 0 Å². The van der Waals surface area contributed by atoms with E-state index in [0.29, 0.717) is 12.8 Å². The Bertz CT molecular complexity index is 288. The maximum Gasteiger partial charge on any atom is 0.303 e. The van der Waals surface area contributed by atoms with Crippen molar-refractivity contribution in [2.45, 2.75) is 122 Å². The molecular weight excluding hydrogens is 332 g/mol. The Balaban J connectivity index is 0. The van der Waals surface area contributed by atoms with Crippen LogP contribution in [-0.4, -0.2) is 27.6 Å². The number of carbonyl (C=O) groups is 2. The summed E-state index contributed by atoms with van der Waals surface area (Å²) in [6.45, 7) is 0. The van der Waals surface area contributed by atoms with Gasteiger partial charge in [-0.25, -0.2) is 0 Å². The van der Waals surface area contributed by atoms with E-state index in [1.807, 2.05) is 0 Å². The van der Waals surface area contributed by atoms with E-state index in [9.17, 15) is 9.59 Å². The first-order chi connectivity index (χ1) is 12.1. The van der Waals surface area contributed by atoms with Crippen molar-refractivity contribution >= 4 is 11.9 Å². The van der Waals surface area contributed by atoms with Gasteiger partial charge < -0.3 is 15.7 Å². The van der Waals surface area contributed by atoms with Crippen LogP contribution < -0.4 is 0 Å². The number of hydrogen-bond donors (Lipinski definition) is 2. The lowest BCUT2D eigenvalue weighted by Gasteiger charge is -2.03. The second kappa shape index (κ2) is 21.9. The van der Waals surface area contributed by atoms with Crippen LogP contribution >= 0.6 is 0 Å². The van der Waals surface area contributed by atoms with Crippen molar-refractivity contribution in [2.24, 2.45) is 0 Å². The Morgan fingerprint density at radius 1 is 0.385 bits per heavy atom. The van der Waals surface area contributed by atoms with Gasteiger partial charge in [-0.2, -0.15) is 0 Å². The van der Waals surface area contributed by atoms with Crippen LogP contribution in [-0.2, 0) is 9.59 Å². The van der Waals surface area contributed by atoms with Crippen molar-refractivity contribution in [1.82, 2.24) is 0 Å². The molecule has 0 saturated carbocycles. The second-order valence-corrected chi connectivity index (χ2v) is 7.30. The molecule has 156 valence electrons. The summed E-state index contributed by atoms with van der Waals surface area (Å²) >= 11 is 0. The first kappa shape index (κ1) is 27.1. The second-order valence-electron chi connectivity index (χ2n) is 7.30. The summed E-state index contributed by atoms with van der Waals surface area (Å²) in [4.78, 5) is 20.7. The molecule has 4 N–H and O–H groups in total. The van der Waals surface area contributed by atoms with Crippen LogP contribution in [0.5, 0.6) is 0 Å². The SMILES string of the molecule is O.O=C(O)CCCCCCCCCCCCCCCCCCCC(=O)O. The van der Waals surface area contributed by atoms with Gasteiger partial charge in [-0.05, 0) is 12.8 Å². The molecule has 0 aromatic rings. The Labute approximate surface area is 159 Å². The van der Waals surface area contributed by atoms with Gasteiger partial charge in [0.2, 0.25) is 0 Å². The molecule has 0 aromatic heterocycles. The zero-order valence-electron chi connectivity index (χ0n) is 16.6. The van der Waals surface area contributed by atoms with Gasteiger partial charge in [0.25, 0.3) is 0 Å². The van der Waals surface area contributed by atoms with Crippen molar-refractivity contribution in [3.63, 3.8) is 0 Å². The fourth-order valence-electron chi connectivity index (χ4n) is 3.20. The molecule has 0 unspecified atom stereocenters. The number of carboxylic acids is 2. The molecular formula is C21H42O5. The largest absolute Gasteiger partial charge is 0.481 e. The summed E-state index contributed by atoms with van der Waals surface area (Å²) < 4.78 is 0. The first-order valence-electron chi connectivity index (χ1n) is 10.6. The highest BCUT2D eigenvalue weighted by Gasteiger charge is 1.98. The van der Waals surface area contributed by atoms with Crippen LogP contribution in [0.15, 0.2) is 0 Å². The van der Waals surface area contributed by atoms with Crippen LogP contribution in [0.2, 0.25) is 0 Å². The van der Waals surface area contributed by atoms with E-state index in [1.165, 1.54) is 83.5 Å². The summed E-state index contributed by atoms with van der Waals surface area (Å²) in [6.07, 6.45) is 21.3. The highest BCUT2D eigenvalue weighted by atomic mass is 16.4. The van der Waals surface area contributed by atoms with E-state index in [1.54, 1.807) is 0 Å². The maximum atomic E-state index is 10.4. The van der Waals surface area contributed by atoms with Crippen molar-refractivity contribution in [2.75, 3.05) is 0 Å². The van der Waals surface area contributed by atoms with Gasteiger partial charge in [0.1, 0.15) is 0 Å². The molecule has 0 aliphatic carbocycles. The lowest BCUT2D eigenvalue weighted by atomic mass is 10.0. The van der Waals surface area contributed by atoms with Crippen molar-refractivity contribution in [3.8, 4) is 0 Å². The number of unbranched alkanes of at least 4 members (excludes halogenated alkanes) is 16. The minimum atomic E-state index is -0.671. The molecule has 0 bridgehead atoms. The molecule has 5 nitrogen and oxygen atoms in total. The monoisotopic (exact) mass is 374 g/mol. The normalized spacial score (nSPS) is 10.5. The maximum absolute atomic E-state index is 10.4. The Kier molecular flexibility index (Phi) is 22.9. The Morgan fingerprint density at radius 3 is 0.692 bits per heavy atom. The third-order valence-electron chi connectivity index (χ3n) is 4.78. The number of hydrogen-bond acceptors (Lipinski definition) is 2. The number of aliphatic carboxylic acids is 2. The van der Waals surface area contributed by atoms with E-state index in [-0.39, 0.29) is 5.48 Å². The molecule has 0 heterocycles. The van der Waals surface area contributed by atoms with Gasteiger partial charge in [-0.1, -0.05) is 96.3 Å². The molecule has 0 aliphatic rings. The third kappa shape index (κ3) is 25.1. The summed E-state index contributed by atoms with van der Waals surface area (Å²) in [6, 6.07) is 0. The molecule has 0 radical (unpaired) electrons. The lowest BCUT2D eigenvalue weighted by molar-refractivity contribution is -0.138. The zero-order valence-corrected chi connectivity index (χ0v) is 16.6. The molecule has 5 heteroatoms. The molecule has 0 fully saturated rings. The third-order valence-corrected chi connectivity index (χ3v) is 4.78. The van der Waals surface area contributed by atoms with Crippen molar-refractivity contribution < 1.29 is 25.3 Å². The average molecular weight is 375 g/mol. The van der Waals surface area contributed by atoms with Crippen LogP contribution in [0.25, 0.3) is 0 Å². The molecule has 0 aromatic carbocycles. The minimum absolute atomic E-state index is 0. The summed E-state index contributed by atoms with van der Waals surface area (Å²) in [5, 5.41) is 17.1. The van der Waals surface area contributed by atoms with Crippen LogP contribution in [0.1, 0.15) is 122 Å². The molecule has 0 rings (SSSR count). The molecule has 0 atom stereocenters. The quantitative estimate of drug-likeness (QED) is 0.265. The highest BCUT2D eigenvalue weighted by molar-refractivity contribution is 5.66. The van der Waals surface area contributed by atoms with E-state index < -0.39 is 11.9 Å². The summed E-state index contributed by atoms with van der Waals surface area (Å²) in [7, 11) is 0. The smallest absolute Gasteiger partial charge is 0.303 e. The highest BCUT2D eigenvalue weighted by Crippen LogP contribution is 2.14. The fourth-order valence-corrected chi connectivity index (χ4v) is 3.20. The fraction of sp³-hybridized carbons (Fsp3) is 0.905. The summed E-state index contributed by atoms with van der Waals surface area (Å²) in [5.41, 5.74) is 0. The molecule has 26 heavy (non-hydrogen) atoms. The predicted octanol–water partition coefficient (Wildman–Crippen LogP) is 5.74. The van der Waals surface area contributed by atoms with Crippen molar-refractivity contribution in [3.05, 3.63) is 0 Å². The van der Waals surface area contributed by atoms with E-state index in [4.69, 9.17) is 10.2 Å². The van der Waals surface area contributed by atoms with Gasteiger partial charge in [0.15, 0.2) is 0 Å². The predicted molar refractivity (Wildman–Crippen MR) is 107 cm³/mol. The molecule has 0 saturated heterocycles. The number of rotatable bonds is 20. The molecule has 0 spiro atoms. The van der Waals surface area contributed by atoms with Gasteiger partial charge in [0, 0.05) is 12.8 Å². The molecule has 0 aliphatic heterocycles. The minimum Gasteiger partial charge on any atom is -0.481 e. The van der Waals surface area contributed by atoms with E-state index >= 15 is 0 Å². The van der Waals surface area contributed by atoms with Gasteiger partial charge in [-0.3, -0.25) is 9.59 Å². The first-order valence-corrected chi connectivity index (χ1v) is 10.6. The summed E-state index contributed by atoms with van der Waals surface area (Å²) in [5.74, 6) is -1.34. The van der Waals surface area contributed by atoms with Gasteiger partial charge in [0.05, 0.1) is 0 Å². The number of carboxylic acid groups (broad SMARTS) is 2. The Hall–Kier alpha value is -1.10. The van der Waals surface area contributed by atoms with Gasteiger partial charge >= 0.3 is 11.9 Å². The van der Waals surface area contributed by atoms with Crippen molar-refractivity contribution in [1.29, 1.82) is 0 Å². The standard InChI is InChI=1S/C21H40O4.H2O/c22-20(23)18-16-14-12-10-8-6-4-2-1-3-5-7-9-11-13-15-17-19-21(24)25;/h1-19H2,(H,22,23)(H,24,25);1H2. The van der Waals surface area contributed by atoms with E-state index in [0.717, 1.165) is 25.7 Å².